The van der Waals surface area contributed by atoms with Crippen molar-refractivity contribution in [1.29, 1.82) is 0 Å². The molecule has 1 fully saturated rings. The molecule has 1 saturated carbocycles. The summed E-state index contributed by atoms with van der Waals surface area (Å²) in [6.45, 7) is 0. The lowest BCUT2D eigenvalue weighted by Gasteiger charge is -2.24. The fraction of sp³-hybridized carbons (Fsp3) is 0.462. The van der Waals surface area contributed by atoms with Crippen molar-refractivity contribution in [1.82, 2.24) is 9.55 Å². The van der Waals surface area contributed by atoms with Crippen molar-refractivity contribution in [3.05, 3.63) is 22.2 Å². The number of aromatic nitrogens is 2. The summed E-state index contributed by atoms with van der Waals surface area (Å²) in [5, 5.41) is 1.08. The Morgan fingerprint density at radius 2 is 1.78 bits per heavy atom. The van der Waals surface area contributed by atoms with Gasteiger partial charge in [-0.1, -0.05) is 42.5 Å². The number of fused-ring (bicyclic) bond motifs is 1. The van der Waals surface area contributed by atoms with Gasteiger partial charge in [0.1, 0.15) is 0 Å². The van der Waals surface area contributed by atoms with Gasteiger partial charge in [-0.05, 0) is 25.0 Å². The maximum Gasteiger partial charge on any atom is 0.201 e. The molecule has 1 aliphatic rings. The lowest BCUT2D eigenvalue weighted by molar-refractivity contribution is 0.363. The Morgan fingerprint density at radius 3 is 2.50 bits per heavy atom. The van der Waals surface area contributed by atoms with E-state index in [0.717, 1.165) is 23.9 Å². The standard InChI is InChI=1S/C13H15Cl2N3/c14-9-6-11-12(7-10(9)15)18(13(16)17-11)8-4-2-1-3-5-8/h6-8H,1-5H2,(H2,16,17). The molecular formula is C13H15Cl2N3. The zero-order valence-electron chi connectivity index (χ0n) is 10.00. The summed E-state index contributed by atoms with van der Waals surface area (Å²) in [5.41, 5.74) is 7.87. The minimum Gasteiger partial charge on any atom is -0.369 e. The van der Waals surface area contributed by atoms with Crippen molar-refractivity contribution in [3.8, 4) is 0 Å². The Balaban J connectivity index is 2.15. The smallest absolute Gasteiger partial charge is 0.201 e. The number of benzene rings is 1. The summed E-state index contributed by atoms with van der Waals surface area (Å²) in [5.74, 6) is 0.565. The molecule has 18 heavy (non-hydrogen) atoms. The Morgan fingerprint density at radius 1 is 1.11 bits per heavy atom. The van der Waals surface area contributed by atoms with Crippen molar-refractivity contribution in [2.24, 2.45) is 0 Å². The van der Waals surface area contributed by atoms with E-state index in [4.69, 9.17) is 28.9 Å². The van der Waals surface area contributed by atoms with Gasteiger partial charge in [0.25, 0.3) is 0 Å². The zero-order chi connectivity index (χ0) is 12.7. The fourth-order valence-corrected chi connectivity index (χ4v) is 3.15. The molecule has 3 nitrogen and oxygen atoms in total. The Bertz CT molecular complexity index is 585. The van der Waals surface area contributed by atoms with Gasteiger partial charge in [0, 0.05) is 6.04 Å². The minimum atomic E-state index is 0.445. The molecule has 96 valence electrons. The van der Waals surface area contributed by atoms with E-state index in [1.54, 1.807) is 6.07 Å². The molecule has 0 spiro atoms. The average molecular weight is 284 g/mol. The molecule has 1 aromatic carbocycles. The highest BCUT2D eigenvalue weighted by atomic mass is 35.5. The molecule has 0 bridgehead atoms. The Kier molecular flexibility index (Phi) is 3.12. The number of nitrogens with zero attached hydrogens (tertiary/aromatic N) is 2. The second-order valence-electron chi connectivity index (χ2n) is 4.89. The summed E-state index contributed by atoms with van der Waals surface area (Å²) >= 11 is 12.1. The Hall–Kier alpha value is -0.930. The largest absolute Gasteiger partial charge is 0.369 e. The highest BCUT2D eigenvalue weighted by Crippen LogP contribution is 2.35. The molecule has 3 rings (SSSR count). The normalized spacial score (nSPS) is 17.4. The number of halogens is 2. The van der Waals surface area contributed by atoms with E-state index in [1.165, 1.54) is 19.3 Å². The topological polar surface area (TPSA) is 43.8 Å². The number of hydrogen-bond donors (Lipinski definition) is 1. The van der Waals surface area contributed by atoms with E-state index in [0.29, 0.717) is 22.0 Å². The summed E-state index contributed by atoms with van der Waals surface area (Å²) in [7, 11) is 0. The van der Waals surface area contributed by atoms with Crippen molar-refractivity contribution in [2.75, 3.05) is 5.73 Å². The summed E-state index contributed by atoms with van der Waals surface area (Å²) in [6, 6.07) is 4.10. The van der Waals surface area contributed by atoms with Crippen LogP contribution >= 0.6 is 23.2 Å². The van der Waals surface area contributed by atoms with Crippen LogP contribution in [-0.4, -0.2) is 9.55 Å². The Labute approximate surface area is 116 Å². The van der Waals surface area contributed by atoms with Gasteiger partial charge in [-0.2, -0.15) is 0 Å². The van der Waals surface area contributed by atoms with Gasteiger partial charge in [0.15, 0.2) is 0 Å². The highest BCUT2D eigenvalue weighted by molar-refractivity contribution is 6.42. The minimum absolute atomic E-state index is 0.445. The van der Waals surface area contributed by atoms with E-state index in [-0.39, 0.29) is 0 Å². The number of rotatable bonds is 1. The summed E-state index contributed by atoms with van der Waals surface area (Å²) < 4.78 is 2.12. The van der Waals surface area contributed by atoms with E-state index in [2.05, 4.69) is 9.55 Å². The van der Waals surface area contributed by atoms with Crippen molar-refractivity contribution >= 4 is 40.2 Å². The molecule has 1 aliphatic carbocycles. The third-order valence-corrected chi connectivity index (χ3v) is 4.42. The van der Waals surface area contributed by atoms with E-state index in [1.807, 2.05) is 6.07 Å². The number of nitrogens with two attached hydrogens (primary N) is 1. The van der Waals surface area contributed by atoms with Gasteiger partial charge >= 0.3 is 0 Å². The fourth-order valence-electron chi connectivity index (χ4n) is 2.83. The first kappa shape index (κ1) is 12.1. The van der Waals surface area contributed by atoms with Crippen LogP contribution in [0, 0.1) is 0 Å². The molecule has 1 aromatic heterocycles. The van der Waals surface area contributed by atoms with Gasteiger partial charge in [0.2, 0.25) is 5.95 Å². The molecule has 0 amide bonds. The second-order valence-corrected chi connectivity index (χ2v) is 5.70. The number of nitrogen functional groups attached to an aromatic ring is 1. The first-order valence-electron chi connectivity index (χ1n) is 6.29. The number of imidazole rings is 1. The van der Waals surface area contributed by atoms with Crippen LogP contribution in [0.5, 0.6) is 0 Å². The van der Waals surface area contributed by atoms with Gasteiger partial charge < -0.3 is 10.3 Å². The molecule has 0 aliphatic heterocycles. The van der Waals surface area contributed by atoms with E-state index >= 15 is 0 Å². The van der Waals surface area contributed by atoms with Crippen LogP contribution in [0.1, 0.15) is 38.1 Å². The molecule has 5 heteroatoms. The zero-order valence-corrected chi connectivity index (χ0v) is 11.5. The third-order valence-electron chi connectivity index (χ3n) is 3.70. The molecular weight excluding hydrogens is 269 g/mol. The first-order chi connectivity index (χ1) is 8.66. The van der Waals surface area contributed by atoms with Crippen molar-refractivity contribution in [2.45, 2.75) is 38.1 Å². The predicted octanol–water partition coefficient (Wildman–Crippen LogP) is 4.43. The average Bonchev–Trinajstić information content (AvgIpc) is 2.66. The maximum atomic E-state index is 6.09. The van der Waals surface area contributed by atoms with E-state index in [9.17, 15) is 0 Å². The lowest BCUT2D eigenvalue weighted by atomic mass is 9.95. The summed E-state index contributed by atoms with van der Waals surface area (Å²) in [6.07, 6.45) is 6.15. The molecule has 2 aromatic rings. The number of anilines is 1. The first-order valence-corrected chi connectivity index (χ1v) is 7.05. The molecule has 2 N–H and O–H groups in total. The van der Waals surface area contributed by atoms with Crippen LogP contribution in [0.3, 0.4) is 0 Å². The van der Waals surface area contributed by atoms with Crippen LogP contribution in [0.25, 0.3) is 11.0 Å². The van der Waals surface area contributed by atoms with Crippen LogP contribution in [-0.2, 0) is 0 Å². The van der Waals surface area contributed by atoms with E-state index < -0.39 is 0 Å². The van der Waals surface area contributed by atoms with Gasteiger partial charge in [-0.3, -0.25) is 0 Å². The second kappa shape index (κ2) is 4.63. The quantitative estimate of drug-likeness (QED) is 0.841. The SMILES string of the molecule is Nc1nc2cc(Cl)c(Cl)cc2n1C1CCCCC1. The van der Waals surface area contributed by atoms with Crippen LogP contribution < -0.4 is 5.73 Å². The molecule has 0 atom stereocenters. The van der Waals surface area contributed by atoms with Crippen molar-refractivity contribution in [3.63, 3.8) is 0 Å². The molecule has 0 unspecified atom stereocenters. The molecule has 1 heterocycles. The third kappa shape index (κ3) is 1.95. The molecule has 0 radical (unpaired) electrons. The van der Waals surface area contributed by atoms with Gasteiger partial charge in [0.05, 0.1) is 21.1 Å². The van der Waals surface area contributed by atoms with Crippen LogP contribution in [0.15, 0.2) is 12.1 Å². The molecule has 0 saturated heterocycles. The summed E-state index contributed by atoms with van der Waals surface area (Å²) in [4.78, 5) is 4.39. The predicted molar refractivity (Wildman–Crippen MR) is 76.3 cm³/mol. The lowest BCUT2D eigenvalue weighted by Crippen LogP contribution is -2.14. The van der Waals surface area contributed by atoms with Gasteiger partial charge in [-0.25, -0.2) is 4.98 Å². The van der Waals surface area contributed by atoms with Gasteiger partial charge in [-0.15, -0.1) is 0 Å². The van der Waals surface area contributed by atoms with Crippen LogP contribution in [0.4, 0.5) is 5.95 Å². The monoisotopic (exact) mass is 283 g/mol. The maximum absolute atomic E-state index is 6.09. The highest BCUT2D eigenvalue weighted by Gasteiger charge is 2.20. The number of hydrogen-bond acceptors (Lipinski definition) is 2. The van der Waals surface area contributed by atoms with Crippen molar-refractivity contribution < 1.29 is 0 Å². The van der Waals surface area contributed by atoms with Crippen LogP contribution in [0.2, 0.25) is 10.0 Å².